The van der Waals surface area contributed by atoms with Crippen LogP contribution in [0, 0.1) is 5.82 Å². The van der Waals surface area contributed by atoms with Crippen LogP contribution in [0.4, 0.5) is 4.39 Å². The molecule has 0 spiro atoms. The van der Waals surface area contributed by atoms with Crippen molar-refractivity contribution < 1.29 is 12.8 Å². The molecule has 2 rings (SSSR count). The van der Waals surface area contributed by atoms with Crippen LogP contribution in [-0.4, -0.2) is 25.0 Å². The summed E-state index contributed by atoms with van der Waals surface area (Å²) in [4.78, 5) is 3.64. The quantitative estimate of drug-likeness (QED) is 0.825. The maximum absolute atomic E-state index is 13.9. The lowest BCUT2D eigenvalue weighted by Gasteiger charge is -2.09. The molecule has 1 aromatic heterocycles. The van der Waals surface area contributed by atoms with Crippen LogP contribution < -0.4 is 10.0 Å². The van der Waals surface area contributed by atoms with E-state index in [9.17, 15) is 12.8 Å². The molecule has 0 aliphatic carbocycles. The zero-order valence-electron chi connectivity index (χ0n) is 11.8. The van der Waals surface area contributed by atoms with Crippen molar-refractivity contribution in [2.45, 2.75) is 18.0 Å². The third kappa shape index (κ3) is 3.66. The van der Waals surface area contributed by atoms with E-state index in [0.29, 0.717) is 17.9 Å². The van der Waals surface area contributed by atoms with Gasteiger partial charge in [-0.05, 0) is 24.7 Å². The topological polar surface area (TPSA) is 76.0 Å². The van der Waals surface area contributed by atoms with Crippen LogP contribution >= 0.6 is 0 Å². The summed E-state index contributed by atoms with van der Waals surface area (Å²) in [7, 11) is -0.427. The van der Waals surface area contributed by atoms with Crippen molar-refractivity contribution in [3.8, 4) is 0 Å². The summed E-state index contributed by atoms with van der Waals surface area (Å²) < 4.78 is 42.2. The van der Waals surface area contributed by atoms with Crippen LogP contribution in [0.1, 0.15) is 11.4 Å². The van der Waals surface area contributed by atoms with Crippen LogP contribution in [-0.2, 0) is 30.2 Å². The fourth-order valence-corrected chi connectivity index (χ4v) is 2.92. The summed E-state index contributed by atoms with van der Waals surface area (Å²) in [6.45, 7) is 0.474. The molecule has 0 amide bonds. The van der Waals surface area contributed by atoms with Gasteiger partial charge < -0.3 is 9.88 Å². The van der Waals surface area contributed by atoms with Crippen molar-refractivity contribution in [1.82, 2.24) is 19.6 Å². The average molecular weight is 312 g/mol. The first-order chi connectivity index (χ1) is 9.94. The molecule has 6 nitrogen and oxygen atoms in total. The third-order valence-electron chi connectivity index (χ3n) is 3.01. The molecule has 1 heterocycles. The van der Waals surface area contributed by atoms with E-state index >= 15 is 0 Å². The van der Waals surface area contributed by atoms with Gasteiger partial charge in [0.1, 0.15) is 16.5 Å². The number of hydrogen-bond donors (Lipinski definition) is 2. The van der Waals surface area contributed by atoms with Crippen molar-refractivity contribution in [2.75, 3.05) is 7.05 Å². The number of aryl methyl sites for hydroxylation is 1. The Bertz CT molecular complexity index is 728. The van der Waals surface area contributed by atoms with E-state index in [2.05, 4.69) is 15.0 Å². The minimum Gasteiger partial charge on any atom is -0.337 e. The van der Waals surface area contributed by atoms with Crippen LogP contribution in [0.2, 0.25) is 0 Å². The largest absolute Gasteiger partial charge is 0.337 e. The molecule has 0 saturated carbocycles. The maximum atomic E-state index is 13.9. The van der Waals surface area contributed by atoms with Crippen LogP contribution in [0.15, 0.2) is 35.5 Å². The molecule has 0 unspecified atom stereocenters. The Hall–Kier alpha value is -1.77. The lowest BCUT2D eigenvalue weighted by atomic mass is 10.2. The Morgan fingerprint density at radius 1 is 1.33 bits per heavy atom. The Balaban J connectivity index is 2.17. The van der Waals surface area contributed by atoms with E-state index in [-0.39, 0.29) is 11.4 Å². The third-order valence-corrected chi connectivity index (χ3v) is 4.44. The average Bonchev–Trinajstić information content (AvgIpc) is 2.82. The van der Waals surface area contributed by atoms with Crippen molar-refractivity contribution in [1.29, 1.82) is 0 Å². The molecule has 0 aliphatic rings. The van der Waals surface area contributed by atoms with Crippen LogP contribution in [0.3, 0.4) is 0 Å². The molecular weight excluding hydrogens is 295 g/mol. The van der Waals surface area contributed by atoms with Gasteiger partial charge in [0.15, 0.2) is 0 Å². The second-order valence-electron chi connectivity index (χ2n) is 4.57. The Kier molecular flexibility index (Phi) is 4.71. The number of nitrogens with one attached hydrogen (secondary N) is 2. The van der Waals surface area contributed by atoms with Gasteiger partial charge in [-0.15, -0.1) is 0 Å². The van der Waals surface area contributed by atoms with Gasteiger partial charge in [0.05, 0.1) is 6.54 Å². The molecule has 0 saturated heterocycles. The second-order valence-corrected chi connectivity index (χ2v) is 6.31. The van der Waals surface area contributed by atoms with Gasteiger partial charge >= 0.3 is 0 Å². The van der Waals surface area contributed by atoms with E-state index in [1.165, 1.54) is 12.1 Å². The summed E-state index contributed by atoms with van der Waals surface area (Å²) in [5, 5.41) is 2.88. The number of hydrogen-bond acceptors (Lipinski definition) is 4. The van der Waals surface area contributed by atoms with Gasteiger partial charge in [0, 0.05) is 26.0 Å². The molecule has 0 bridgehead atoms. The van der Waals surface area contributed by atoms with Crippen molar-refractivity contribution in [3.63, 3.8) is 0 Å². The summed E-state index contributed by atoms with van der Waals surface area (Å²) >= 11 is 0. The molecule has 2 N–H and O–H groups in total. The highest BCUT2D eigenvalue weighted by Crippen LogP contribution is 2.16. The highest BCUT2D eigenvalue weighted by Gasteiger charge is 2.19. The Morgan fingerprint density at radius 2 is 2.10 bits per heavy atom. The van der Waals surface area contributed by atoms with E-state index in [1.807, 2.05) is 0 Å². The molecule has 0 radical (unpaired) electrons. The van der Waals surface area contributed by atoms with E-state index in [1.54, 1.807) is 37.1 Å². The van der Waals surface area contributed by atoms with Crippen molar-refractivity contribution in [2.24, 2.45) is 7.05 Å². The summed E-state index contributed by atoms with van der Waals surface area (Å²) in [5.74, 6) is -0.221. The number of rotatable bonds is 6. The normalized spacial score (nSPS) is 11.8. The minimum absolute atomic E-state index is 0.00351. The number of benzene rings is 1. The van der Waals surface area contributed by atoms with E-state index in [4.69, 9.17) is 0 Å². The monoisotopic (exact) mass is 312 g/mol. The van der Waals surface area contributed by atoms with Gasteiger partial charge in [0.2, 0.25) is 10.0 Å². The molecule has 0 atom stereocenters. The van der Waals surface area contributed by atoms with Gasteiger partial charge in [-0.3, -0.25) is 0 Å². The highest BCUT2D eigenvalue weighted by molar-refractivity contribution is 7.89. The van der Waals surface area contributed by atoms with Gasteiger partial charge in [0.25, 0.3) is 0 Å². The SMILES string of the molecule is CNCc1ccc(S(=O)(=O)NCc2nccn2C)c(F)c1. The number of aromatic nitrogens is 2. The summed E-state index contributed by atoms with van der Waals surface area (Å²) in [5.41, 5.74) is 0.679. The lowest BCUT2D eigenvalue weighted by Crippen LogP contribution is -2.25. The first-order valence-electron chi connectivity index (χ1n) is 6.33. The lowest BCUT2D eigenvalue weighted by molar-refractivity contribution is 0.553. The molecule has 114 valence electrons. The smallest absolute Gasteiger partial charge is 0.243 e. The van der Waals surface area contributed by atoms with Gasteiger partial charge in [-0.1, -0.05) is 6.07 Å². The number of imidazole rings is 1. The fourth-order valence-electron chi connectivity index (χ4n) is 1.88. The van der Waals surface area contributed by atoms with Gasteiger partial charge in [-0.2, -0.15) is 0 Å². The number of nitrogens with zero attached hydrogens (tertiary/aromatic N) is 2. The first kappa shape index (κ1) is 15.6. The summed E-state index contributed by atoms with van der Waals surface area (Å²) in [6, 6.07) is 4.06. The highest BCUT2D eigenvalue weighted by atomic mass is 32.2. The van der Waals surface area contributed by atoms with E-state index < -0.39 is 15.8 Å². The number of halogens is 1. The predicted molar refractivity (Wildman–Crippen MR) is 76.4 cm³/mol. The second kappa shape index (κ2) is 6.33. The zero-order valence-corrected chi connectivity index (χ0v) is 12.6. The molecule has 1 aromatic carbocycles. The van der Waals surface area contributed by atoms with Crippen molar-refractivity contribution >= 4 is 10.0 Å². The first-order valence-corrected chi connectivity index (χ1v) is 7.81. The molecule has 8 heteroatoms. The Morgan fingerprint density at radius 3 is 2.67 bits per heavy atom. The number of sulfonamides is 1. The molecule has 0 fully saturated rings. The molecule has 21 heavy (non-hydrogen) atoms. The molecule has 0 aliphatic heterocycles. The van der Waals surface area contributed by atoms with Crippen LogP contribution in [0.5, 0.6) is 0 Å². The predicted octanol–water partition coefficient (Wildman–Crippen LogP) is 0.757. The van der Waals surface area contributed by atoms with Crippen LogP contribution in [0.25, 0.3) is 0 Å². The Labute approximate surface area is 123 Å². The molecule has 2 aromatic rings. The summed E-state index contributed by atoms with van der Waals surface area (Å²) in [6.07, 6.45) is 3.27. The zero-order chi connectivity index (χ0) is 15.5. The van der Waals surface area contributed by atoms with Gasteiger partial charge in [-0.25, -0.2) is 22.5 Å². The van der Waals surface area contributed by atoms with E-state index in [0.717, 1.165) is 0 Å². The maximum Gasteiger partial charge on any atom is 0.243 e. The standard InChI is InChI=1S/C13H17FN4O2S/c1-15-8-10-3-4-12(11(14)7-10)21(19,20)17-9-13-16-5-6-18(13)2/h3-7,15,17H,8-9H2,1-2H3. The molecular formula is C13H17FN4O2S. The fraction of sp³-hybridized carbons (Fsp3) is 0.308. The minimum atomic E-state index is -3.91. The van der Waals surface area contributed by atoms with Crippen molar-refractivity contribution in [3.05, 3.63) is 47.8 Å².